The second-order valence-corrected chi connectivity index (χ2v) is 5.97. The zero-order chi connectivity index (χ0) is 13.8. The van der Waals surface area contributed by atoms with Gasteiger partial charge in [-0.1, -0.05) is 19.3 Å². The summed E-state index contributed by atoms with van der Waals surface area (Å²) >= 11 is 0. The van der Waals surface area contributed by atoms with Crippen molar-refractivity contribution in [2.75, 3.05) is 0 Å². The van der Waals surface area contributed by atoms with E-state index in [2.05, 4.69) is 0 Å². The Labute approximate surface area is 110 Å². The minimum atomic E-state index is -0.539. The highest BCUT2D eigenvalue weighted by Crippen LogP contribution is 2.25. The van der Waals surface area contributed by atoms with Gasteiger partial charge in [0.15, 0.2) is 0 Å². The first kappa shape index (κ1) is 15.0. The van der Waals surface area contributed by atoms with Crippen LogP contribution in [-0.4, -0.2) is 35.0 Å². The molecule has 18 heavy (non-hydrogen) atoms. The number of rotatable bonds is 3. The van der Waals surface area contributed by atoms with E-state index in [0.29, 0.717) is 0 Å². The molecule has 0 saturated heterocycles. The van der Waals surface area contributed by atoms with Gasteiger partial charge in [0.1, 0.15) is 5.60 Å². The summed E-state index contributed by atoms with van der Waals surface area (Å²) in [5.74, 6) is 0. The predicted octanol–water partition coefficient (Wildman–Crippen LogP) is 3.05. The summed E-state index contributed by atoms with van der Waals surface area (Å²) in [5.41, 5.74) is -0.535. The largest absolute Gasteiger partial charge is 0.444 e. The van der Waals surface area contributed by atoms with Gasteiger partial charge in [0.2, 0.25) is 6.29 Å². The molecule has 1 radical (unpaired) electrons. The van der Waals surface area contributed by atoms with Crippen LogP contribution in [-0.2, 0) is 9.53 Å². The minimum Gasteiger partial charge on any atom is -0.444 e. The first-order chi connectivity index (χ1) is 8.35. The number of carbonyl (C=O) groups excluding carboxylic acids is 2. The van der Waals surface area contributed by atoms with Crippen molar-refractivity contribution in [3.63, 3.8) is 0 Å². The molecular formula is C14H24NO3. The van der Waals surface area contributed by atoms with Crippen LogP contribution in [0.15, 0.2) is 0 Å². The summed E-state index contributed by atoms with van der Waals surface area (Å²) in [7, 11) is 0. The maximum Gasteiger partial charge on any atom is 0.411 e. The topological polar surface area (TPSA) is 46.6 Å². The normalized spacial score (nSPS) is 19.1. The molecule has 0 aliphatic heterocycles. The Morgan fingerprint density at radius 1 is 1.28 bits per heavy atom. The highest BCUT2D eigenvalue weighted by Gasteiger charge is 2.32. The van der Waals surface area contributed by atoms with Crippen LogP contribution in [0.1, 0.15) is 59.8 Å². The van der Waals surface area contributed by atoms with Crippen molar-refractivity contribution in [1.82, 2.24) is 4.90 Å². The Balaban J connectivity index is 2.76. The molecule has 1 amide bonds. The summed E-state index contributed by atoms with van der Waals surface area (Å²) in [4.78, 5) is 24.6. The fourth-order valence-corrected chi connectivity index (χ4v) is 2.35. The molecule has 0 spiro atoms. The van der Waals surface area contributed by atoms with Crippen molar-refractivity contribution in [3.8, 4) is 0 Å². The van der Waals surface area contributed by atoms with Gasteiger partial charge >= 0.3 is 6.09 Å². The average Bonchev–Trinajstić information content (AvgIpc) is 2.28. The van der Waals surface area contributed by atoms with Crippen molar-refractivity contribution >= 4 is 12.4 Å². The van der Waals surface area contributed by atoms with Crippen LogP contribution in [0.5, 0.6) is 0 Å². The van der Waals surface area contributed by atoms with Crippen molar-refractivity contribution in [2.24, 2.45) is 0 Å². The van der Waals surface area contributed by atoms with Crippen molar-refractivity contribution in [2.45, 2.75) is 77.5 Å². The van der Waals surface area contributed by atoms with E-state index < -0.39 is 17.7 Å². The molecule has 0 aromatic heterocycles. The molecule has 1 rings (SSSR count). The van der Waals surface area contributed by atoms with E-state index >= 15 is 0 Å². The monoisotopic (exact) mass is 254 g/mol. The Morgan fingerprint density at radius 2 is 1.83 bits per heavy atom. The van der Waals surface area contributed by atoms with Crippen LogP contribution in [0.2, 0.25) is 0 Å². The minimum absolute atomic E-state index is 0.116. The van der Waals surface area contributed by atoms with Gasteiger partial charge in [-0.15, -0.1) is 0 Å². The smallest absolute Gasteiger partial charge is 0.411 e. The summed E-state index contributed by atoms with van der Waals surface area (Å²) in [6.45, 7) is 7.20. The van der Waals surface area contributed by atoms with Crippen LogP contribution in [0.3, 0.4) is 0 Å². The molecule has 0 aromatic carbocycles. The SMILES string of the molecule is CC([C]=O)N(C(=O)OC(C)(C)C)C1CCCCC1. The average molecular weight is 254 g/mol. The van der Waals surface area contributed by atoms with Gasteiger partial charge < -0.3 is 4.74 Å². The number of hydrogen-bond acceptors (Lipinski definition) is 3. The summed E-state index contributed by atoms with van der Waals surface area (Å²) in [5, 5.41) is 0. The third-order valence-electron chi connectivity index (χ3n) is 3.16. The Bertz CT molecular complexity index is 290. The zero-order valence-electron chi connectivity index (χ0n) is 11.9. The van der Waals surface area contributed by atoms with E-state index in [1.807, 2.05) is 27.1 Å². The van der Waals surface area contributed by atoms with Crippen LogP contribution >= 0.6 is 0 Å². The molecule has 1 saturated carbocycles. The van der Waals surface area contributed by atoms with Crippen molar-refractivity contribution in [3.05, 3.63) is 0 Å². The van der Waals surface area contributed by atoms with Crippen LogP contribution in [0, 0.1) is 0 Å². The zero-order valence-corrected chi connectivity index (χ0v) is 11.9. The molecule has 0 N–H and O–H groups in total. The van der Waals surface area contributed by atoms with Crippen LogP contribution in [0.4, 0.5) is 4.79 Å². The van der Waals surface area contributed by atoms with E-state index in [1.54, 1.807) is 11.8 Å². The van der Waals surface area contributed by atoms with E-state index in [0.717, 1.165) is 25.7 Å². The fourth-order valence-electron chi connectivity index (χ4n) is 2.35. The second-order valence-electron chi connectivity index (χ2n) is 5.97. The fraction of sp³-hybridized carbons (Fsp3) is 0.857. The lowest BCUT2D eigenvalue weighted by Gasteiger charge is -2.37. The van der Waals surface area contributed by atoms with Gasteiger partial charge in [-0.2, -0.15) is 0 Å². The molecule has 1 aliphatic carbocycles. The molecule has 4 nitrogen and oxygen atoms in total. The molecule has 4 heteroatoms. The number of carbonyl (C=O) groups is 1. The third-order valence-corrected chi connectivity index (χ3v) is 3.16. The molecule has 0 aromatic rings. The molecule has 103 valence electrons. The number of nitrogens with zero attached hydrogens (tertiary/aromatic N) is 1. The maximum atomic E-state index is 12.2. The Hall–Kier alpha value is -1.06. The second kappa shape index (κ2) is 6.21. The van der Waals surface area contributed by atoms with E-state index in [1.165, 1.54) is 6.42 Å². The molecule has 1 aliphatic rings. The van der Waals surface area contributed by atoms with Gasteiger partial charge in [0, 0.05) is 6.04 Å². The predicted molar refractivity (Wildman–Crippen MR) is 70.1 cm³/mol. The molecule has 1 atom stereocenters. The lowest BCUT2D eigenvalue weighted by molar-refractivity contribution is 0.00844. The van der Waals surface area contributed by atoms with Gasteiger partial charge in [0.05, 0.1) is 6.04 Å². The standard InChI is InChI=1S/C14H24NO3/c1-11(10-16)15(12-8-6-5-7-9-12)13(17)18-14(2,3)4/h11-12H,5-9H2,1-4H3. The summed E-state index contributed by atoms with van der Waals surface area (Å²) < 4.78 is 5.38. The molecule has 1 fully saturated rings. The summed E-state index contributed by atoms with van der Waals surface area (Å²) in [6.07, 6.45) is 6.83. The molecular weight excluding hydrogens is 230 g/mol. The lowest BCUT2D eigenvalue weighted by atomic mass is 9.93. The van der Waals surface area contributed by atoms with E-state index in [4.69, 9.17) is 4.74 Å². The van der Waals surface area contributed by atoms with Crippen molar-refractivity contribution < 1.29 is 14.3 Å². The maximum absolute atomic E-state index is 12.2. The first-order valence-electron chi connectivity index (χ1n) is 6.74. The highest BCUT2D eigenvalue weighted by atomic mass is 16.6. The first-order valence-corrected chi connectivity index (χ1v) is 6.74. The van der Waals surface area contributed by atoms with Gasteiger partial charge in [-0.25, -0.2) is 4.79 Å². The van der Waals surface area contributed by atoms with Crippen LogP contribution in [0.25, 0.3) is 0 Å². The lowest BCUT2D eigenvalue weighted by Crippen LogP contribution is -2.49. The Kier molecular flexibility index (Phi) is 5.17. The number of amides is 1. The third kappa shape index (κ3) is 4.31. The quantitative estimate of drug-likeness (QED) is 0.777. The van der Waals surface area contributed by atoms with Gasteiger partial charge in [-0.05, 0) is 40.5 Å². The van der Waals surface area contributed by atoms with Crippen molar-refractivity contribution in [1.29, 1.82) is 0 Å². The summed E-state index contributed by atoms with van der Waals surface area (Å²) in [6, 6.07) is -0.423. The Morgan fingerprint density at radius 3 is 2.28 bits per heavy atom. The molecule has 0 heterocycles. The number of ether oxygens (including phenoxy) is 1. The highest BCUT2D eigenvalue weighted by molar-refractivity contribution is 5.74. The van der Waals surface area contributed by atoms with Gasteiger partial charge in [0.25, 0.3) is 0 Å². The van der Waals surface area contributed by atoms with Crippen LogP contribution < -0.4 is 0 Å². The molecule has 1 unspecified atom stereocenters. The van der Waals surface area contributed by atoms with Gasteiger partial charge in [-0.3, -0.25) is 9.69 Å². The number of hydrogen-bond donors (Lipinski definition) is 0. The molecule has 0 bridgehead atoms. The van der Waals surface area contributed by atoms with E-state index in [-0.39, 0.29) is 6.04 Å². The van der Waals surface area contributed by atoms with E-state index in [9.17, 15) is 9.59 Å².